The molecule has 0 aliphatic heterocycles. The smallest absolute Gasteiger partial charge is 0.326 e. The van der Waals surface area contributed by atoms with Gasteiger partial charge >= 0.3 is 29.8 Å². The second kappa shape index (κ2) is 60.4. The van der Waals surface area contributed by atoms with E-state index >= 15 is 0 Å². The first-order chi connectivity index (χ1) is 35.3. The first-order valence-corrected chi connectivity index (χ1v) is 30.6. The third-order valence-electron chi connectivity index (χ3n) is 9.97. The summed E-state index contributed by atoms with van der Waals surface area (Å²) in [4.78, 5) is 120. The van der Waals surface area contributed by atoms with Crippen LogP contribution in [0.5, 0.6) is 0 Å². The largest absolute Gasteiger partial charge is 0.481 e. The Morgan fingerprint density at radius 3 is 0.959 bits per heavy atom. The zero-order valence-corrected chi connectivity index (χ0v) is 49.4. The molecule has 0 aromatic carbocycles. The van der Waals surface area contributed by atoms with Gasteiger partial charge in [-0.15, -0.1) is 6.58 Å². The fraction of sp³-hybridized carbons (Fsp3) is 0.745. The van der Waals surface area contributed by atoms with Crippen LogP contribution in [0.15, 0.2) is 12.7 Å². The molecule has 27 heteroatoms. The lowest BCUT2D eigenvalue weighted by Gasteiger charge is -2.18. The number of carbonyl (C=O) groups is 10. The molecule has 0 saturated carbocycles. The number of amides is 5. The molecule has 0 rings (SSSR count). The summed E-state index contributed by atoms with van der Waals surface area (Å²) in [5.41, 5.74) is 5.74. The third kappa shape index (κ3) is 56.2. The summed E-state index contributed by atoms with van der Waals surface area (Å²) in [7, 11) is 3.55. The number of unbranched alkanes of at least 4 members (excludes halogenated alkanes) is 10. The van der Waals surface area contributed by atoms with E-state index in [4.69, 9.17) is 10.8 Å². The van der Waals surface area contributed by atoms with Gasteiger partial charge in [0.2, 0.25) is 29.5 Å². The Hall–Kier alpha value is -3.50. The highest BCUT2D eigenvalue weighted by molar-refractivity contribution is 8.76. The summed E-state index contributed by atoms with van der Waals surface area (Å²) in [5.74, 6) is -10.2. The van der Waals surface area contributed by atoms with Crippen molar-refractivity contribution in [1.82, 2.24) is 26.6 Å². The van der Waals surface area contributed by atoms with Gasteiger partial charge in [-0.1, -0.05) is 79.0 Å². The molecule has 0 heterocycles. The minimum Gasteiger partial charge on any atom is -0.481 e. The van der Waals surface area contributed by atoms with Crippen molar-refractivity contribution in [2.75, 3.05) is 44.1 Å². The van der Waals surface area contributed by atoms with Gasteiger partial charge in [0.1, 0.15) is 24.2 Å². The summed E-state index contributed by atoms with van der Waals surface area (Å²) in [6, 6.07) is -6.24. The molecule has 0 aromatic heterocycles. The molecule has 4 unspecified atom stereocenters. The maximum Gasteiger partial charge on any atom is 0.326 e. The summed E-state index contributed by atoms with van der Waals surface area (Å²) in [6.45, 7) is 3.94. The van der Waals surface area contributed by atoms with E-state index in [9.17, 15) is 68.4 Å². The van der Waals surface area contributed by atoms with Gasteiger partial charge in [-0.3, -0.25) is 28.8 Å². The summed E-state index contributed by atoms with van der Waals surface area (Å²) in [5, 5.41) is 58.5. The van der Waals surface area contributed by atoms with Crippen LogP contribution in [-0.2, 0) is 47.9 Å². The highest BCUT2D eigenvalue weighted by Gasteiger charge is 2.27. The molecule has 0 spiro atoms. The Morgan fingerprint density at radius 1 is 0.419 bits per heavy atom. The Morgan fingerprint density at radius 2 is 0.689 bits per heavy atom. The van der Waals surface area contributed by atoms with Crippen LogP contribution in [0.3, 0.4) is 0 Å². The quantitative estimate of drug-likeness (QED) is 0.0150. The highest BCUT2D eigenvalue weighted by atomic mass is 33.1. The van der Waals surface area contributed by atoms with Gasteiger partial charge < -0.3 is 57.9 Å². The highest BCUT2D eigenvalue weighted by Crippen LogP contribution is 2.13. The van der Waals surface area contributed by atoms with Crippen molar-refractivity contribution in [3.63, 3.8) is 0 Å². The molecule has 0 saturated heterocycles. The van der Waals surface area contributed by atoms with Gasteiger partial charge in [0, 0.05) is 51.1 Å². The van der Waals surface area contributed by atoms with Gasteiger partial charge in [-0.05, 0) is 95.3 Å². The van der Waals surface area contributed by atoms with Crippen LogP contribution >= 0.6 is 72.1 Å². The lowest BCUT2D eigenvalue weighted by atomic mass is 10.0. The minimum absolute atomic E-state index is 0.0834. The maximum absolute atomic E-state index is 12.6. The van der Waals surface area contributed by atoms with Gasteiger partial charge in [-0.25, -0.2) is 19.2 Å². The third-order valence-corrected chi connectivity index (χ3v) is 11.3. The monoisotopic (exact) mass is 1170 g/mol. The number of rotatable bonds is 40. The average molecular weight is 1170 g/mol. The van der Waals surface area contributed by atoms with Crippen molar-refractivity contribution in [1.29, 1.82) is 0 Å². The molecule has 0 aromatic rings. The van der Waals surface area contributed by atoms with Crippen LogP contribution in [0.25, 0.3) is 0 Å². The number of carboxylic acid groups (broad SMARTS) is 5. The SMILES string of the molecule is C=CC(N)CCCCNC(=O)CCC(NC(=O)CC[C@H](NC(=O)CCC(NC(=O)CCC(NC(=O)CCCCCCCCCCCCC(=O)O)C(=O)O)C(=O)O)C(=O)O)C(=O)O.CS.CS.CS.CS.CSSC. The number of carbonyl (C=O) groups excluding carboxylic acids is 5. The Kier molecular flexibility index (Phi) is 66.8. The van der Waals surface area contributed by atoms with Crippen molar-refractivity contribution >= 4 is 131 Å². The molecule has 434 valence electrons. The zero-order chi connectivity index (χ0) is 58.3. The van der Waals surface area contributed by atoms with Crippen LogP contribution in [0.2, 0.25) is 0 Å². The van der Waals surface area contributed by atoms with E-state index in [1.807, 2.05) is 0 Å². The predicted molar refractivity (Wildman–Crippen MR) is 310 cm³/mol. The lowest BCUT2D eigenvalue weighted by molar-refractivity contribution is -0.144. The van der Waals surface area contributed by atoms with Crippen molar-refractivity contribution in [3.8, 4) is 0 Å². The summed E-state index contributed by atoms with van der Waals surface area (Å²) in [6.07, 6.45) is 20.4. The molecule has 0 aliphatic carbocycles. The number of hydrogen-bond donors (Lipinski definition) is 15. The molecular formula is C47H90N6O15S6. The number of hydrogen-bond acceptors (Lipinski definition) is 17. The fourth-order valence-electron chi connectivity index (χ4n) is 6.11. The van der Waals surface area contributed by atoms with Crippen LogP contribution in [-0.4, -0.2) is 159 Å². The molecule has 0 aliphatic rings. The molecule has 0 fully saturated rings. The normalized spacial score (nSPS) is 11.8. The van der Waals surface area contributed by atoms with E-state index in [1.54, 1.807) is 52.7 Å². The molecule has 21 nitrogen and oxygen atoms in total. The van der Waals surface area contributed by atoms with E-state index in [1.165, 1.54) is 0 Å². The van der Waals surface area contributed by atoms with Gasteiger partial charge in [-0.2, -0.15) is 50.5 Å². The molecule has 12 N–H and O–H groups in total. The summed E-state index contributed by atoms with van der Waals surface area (Å²) >= 11 is 14.1. The number of nitrogens with one attached hydrogen (secondary N) is 5. The Bertz CT molecular complexity index is 1540. The fourth-order valence-corrected chi connectivity index (χ4v) is 6.11. The van der Waals surface area contributed by atoms with Crippen molar-refractivity contribution < 1.29 is 73.5 Å². The standard InChI is InChI=1S/C41H68N6O15.C2H6S2.4CH4S/c1-2-27(42)15-13-14-26-43-32(48)22-18-28(38(55)56)45-34(50)24-20-30(40(59)60)47-36(52)25-21-31(41(61)62)46-35(51)23-19-29(39(57)58)44-33(49)16-11-9-7-5-3-4-6-8-10-12-17-37(53)54;1-3-4-2;4*1-2/h2,27-31H,1,3-26,42H2,(H,43,48)(H,44,49)(H,45,50)(H,46,51)(H,47,52)(H,53,54)(H,55,56)(H,57,58)(H,59,60)(H,61,62);1-2H3;4*2H,1H3/t27?,28?,29?,30-,31?;;;;;/m0...../s1. The van der Waals surface area contributed by atoms with Gasteiger partial charge in [0.05, 0.1) is 0 Å². The van der Waals surface area contributed by atoms with E-state index in [2.05, 4.69) is 96.2 Å². The Balaban J connectivity index is -0.000000881. The first-order valence-electron chi connectivity index (χ1n) is 24.1. The molecule has 5 amide bonds. The van der Waals surface area contributed by atoms with E-state index in [0.29, 0.717) is 32.2 Å². The lowest BCUT2D eigenvalue weighted by Crippen LogP contribution is -2.45. The first kappa shape index (κ1) is 81.9. The van der Waals surface area contributed by atoms with Crippen molar-refractivity contribution in [2.45, 2.75) is 178 Å². The number of nitrogens with two attached hydrogens (primary N) is 1. The molecule has 0 bridgehead atoms. The molecule has 74 heavy (non-hydrogen) atoms. The number of thiol groups is 4. The van der Waals surface area contributed by atoms with Crippen LogP contribution in [0.1, 0.15) is 148 Å². The number of carboxylic acids is 5. The van der Waals surface area contributed by atoms with Gasteiger partial charge in [0.15, 0.2) is 0 Å². The molecular weight excluding hydrogens is 1080 g/mol. The van der Waals surface area contributed by atoms with Gasteiger partial charge in [0.25, 0.3) is 0 Å². The minimum atomic E-state index is -1.62. The predicted octanol–water partition coefficient (Wildman–Crippen LogP) is 5.76. The van der Waals surface area contributed by atoms with Crippen LogP contribution < -0.4 is 32.3 Å². The average Bonchev–Trinajstić information content (AvgIpc) is 3.38. The number of aliphatic carboxylic acids is 5. The van der Waals surface area contributed by atoms with E-state index in [0.717, 1.165) is 57.8 Å². The zero-order valence-electron chi connectivity index (χ0n) is 44.1. The second-order valence-electron chi connectivity index (χ2n) is 15.5. The van der Waals surface area contributed by atoms with Crippen molar-refractivity contribution in [2.24, 2.45) is 5.73 Å². The topological polar surface area (TPSA) is 358 Å². The Labute approximate surface area is 469 Å². The van der Waals surface area contributed by atoms with E-state index < -0.39 is 116 Å². The van der Waals surface area contributed by atoms with Crippen LogP contribution in [0, 0.1) is 0 Å². The summed E-state index contributed by atoms with van der Waals surface area (Å²) < 4.78 is 0. The maximum atomic E-state index is 12.6. The molecule has 5 atom stereocenters. The second-order valence-corrected chi connectivity index (χ2v) is 18.2. The molecule has 0 radical (unpaired) electrons. The van der Waals surface area contributed by atoms with E-state index in [-0.39, 0.29) is 38.1 Å². The van der Waals surface area contributed by atoms with Crippen molar-refractivity contribution in [3.05, 3.63) is 12.7 Å². The van der Waals surface area contributed by atoms with Crippen LogP contribution in [0.4, 0.5) is 0 Å².